The monoisotopic (exact) mass is 279 g/mol. The smallest absolute Gasteiger partial charge is 0.0461 e. The number of anilines is 1. The van der Waals surface area contributed by atoms with Crippen LogP contribution < -0.4 is 5.73 Å². The summed E-state index contributed by atoms with van der Waals surface area (Å²) in [5.41, 5.74) is 8.97. The molecule has 0 unspecified atom stereocenters. The van der Waals surface area contributed by atoms with Crippen molar-refractivity contribution in [3.05, 3.63) is 52.0 Å². The molecule has 16 heavy (non-hydrogen) atoms. The molecule has 0 aliphatic heterocycles. The van der Waals surface area contributed by atoms with Crippen molar-refractivity contribution in [1.82, 2.24) is 0 Å². The molecule has 0 bridgehead atoms. The molecular weight excluding hydrogens is 262 g/mol. The molecule has 0 saturated carbocycles. The summed E-state index contributed by atoms with van der Waals surface area (Å²) in [4.78, 5) is 0. The first-order valence-corrected chi connectivity index (χ1v) is 6.24. The molecule has 0 spiro atoms. The SMILES string of the molecule is CC1=CCCC=C1.Cc1ccc(Br)c(N)c1. The molecule has 0 heterocycles. The Bertz CT molecular complexity index is 405. The van der Waals surface area contributed by atoms with Gasteiger partial charge in [-0.15, -0.1) is 0 Å². The van der Waals surface area contributed by atoms with E-state index in [9.17, 15) is 0 Å². The van der Waals surface area contributed by atoms with E-state index < -0.39 is 0 Å². The van der Waals surface area contributed by atoms with Crippen LogP contribution in [0.15, 0.2) is 46.5 Å². The summed E-state index contributed by atoms with van der Waals surface area (Å²) in [5.74, 6) is 0. The minimum Gasteiger partial charge on any atom is -0.398 e. The molecule has 0 saturated heterocycles. The largest absolute Gasteiger partial charge is 0.398 e. The Balaban J connectivity index is 0.000000165. The van der Waals surface area contributed by atoms with Crippen molar-refractivity contribution in [2.45, 2.75) is 26.7 Å². The molecule has 0 amide bonds. The van der Waals surface area contributed by atoms with Crippen molar-refractivity contribution in [2.75, 3.05) is 5.73 Å². The summed E-state index contributed by atoms with van der Waals surface area (Å²) < 4.78 is 0.966. The first kappa shape index (κ1) is 13.0. The topological polar surface area (TPSA) is 26.0 Å². The van der Waals surface area contributed by atoms with Crippen LogP contribution >= 0.6 is 15.9 Å². The van der Waals surface area contributed by atoms with Crippen molar-refractivity contribution in [3.63, 3.8) is 0 Å². The van der Waals surface area contributed by atoms with Gasteiger partial charge in [-0.3, -0.25) is 0 Å². The van der Waals surface area contributed by atoms with Crippen molar-refractivity contribution in [1.29, 1.82) is 0 Å². The number of nitrogen functional groups attached to an aromatic ring is 1. The van der Waals surface area contributed by atoms with E-state index in [1.807, 2.05) is 25.1 Å². The molecule has 0 aromatic heterocycles. The zero-order chi connectivity index (χ0) is 12.0. The van der Waals surface area contributed by atoms with Crippen LogP contribution in [0.4, 0.5) is 5.69 Å². The van der Waals surface area contributed by atoms with Gasteiger partial charge in [-0.25, -0.2) is 0 Å². The maximum atomic E-state index is 5.57. The molecule has 1 aromatic carbocycles. The molecule has 1 aromatic rings. The van der Waals surface area contributed by atoms with Gasteiger partial charge in [0.1, 0.15) is 0 Å². The summed E-state index contributed by atoms with van der Waals surface area (Å²) in [7, 11) is 0. The highest BCUT2D eigenvalue weighted by Crippen LogP contribution is 2.19. The molecule has 2 rings (SSSR count). The van der Waals surface area contributed by atoms with Crippen LogP contribution in [-0.4, -0.2) is 0 Å². The van der Waals surface area contributed by atoms with E-state index in [0.29, 0.717) is 0 Å². The maximum absolute atomic E-state index is 5.57. The highest BCUT2D eigenvalue weighted by molar-refractivity contribution is 9.10. The second-order valence-corrected chi connectivity index (χ2v) is 4.81. The van der Waals surface area contributed by atoms with Crippen molar-refractivity contribution < 1.29 is 0 Å². The minimum absolute atomic E-state index is 0.801. The summed E-state index contributed by atoms with van der Waals surface area (Å²) in [6, 6.07) is 5.90. The Kier molecular flexibility index (Phi) is 5.33. The lowest BCUT2D eigenvalue weighted by atomic mass is 10.1. The van der Waals surface area contributed by atoms with Gasteiger partial charge in [-0.2, -0.15) is 0 Å². The highest BCUT2D eigenvalue weighted by atomic mass is 79.9. The fourth-order valence-corrected chi connectivity index (χ4v) is 1.65. The van der Waals surface area contributed by atoms with E-state index in [-0.39, 0.29) is 0 Å². The number of aryl methyl sites for hydroxylation is 1. The summed E-state index contributed by atoms with van der Waals surface area (Å²) in [6.45, 7) is 4.15. The lowest BCUT2D eigenvalue weighted by molar-refractivity contribution is 1.02. The number of halogens is 1. The first-order valence-electron chi connectivity index (χ1n) is 5.44. The van der Waals surface area contributed by atoms with Crippen LogP contribution in [0.2, 0.25) is 0 Å². The van der Waals surface area contributed by atoms with Crippen LogP contribution in [0.3, 0.4) is 0 Å². The van der Waals surface area contributed by atoms with Crippen LogP contribution in [0, 0.1) is 6.92 Å². The lowest BCUT2D eigenvalue weighted by Crippen LogP contribution is -1.85. The van der Waals surface area contributed by atoms with Crippen LogP contribution in [-0.2, 0) is 0 Å². The molecule has 1 aliphatic carbocycles. The van der Waals surface area contributed by atoms with Crippen LogP contribution in [0.25, 0.3) is 0 Å². The second-order valence-electron chi connectivity index (χ2n) is 3.95. The lowest BCUT2D eigenvalue weighted by Gasteiger charge is -1.96. The molecule has 0 fully saturated rings. The van der Waals surface area contributed by atoms with Crippen molar-refractivity contribution in [3.8, 4) is 0 Å². The van der Waals surface area contributed by atoms with Gasteiger partial charge in [-0.05, 0) is 60.3 Å². The number of hydrogen-bond acceptors (Lipinski definition) is 1. The Morgan fingerprint density at radius 2 is 1.94 bits per heavy atom. The van der Waals surface area contributed by atoms with E-state index in [1.54, 1.807) is 0 Å². The minimum atomic E-state index is 0.801. The molecule has 1 nitrogen and oxygen atoms in total. The van der Waals surface area contributed by atoms with E-state index in [2.05, 4.69) is 41.1 Å². The third-order valence-corrected chi connectivity index (χ3v) is 3.05. The number of benzene rings is 1. The molecule has 86 valence electrons. The van der Waals surface area contributed by atoms with Crippen molar-refractivity contribution in [2.24, 2.45) is 0 Å². The summed E-state index contributed by atoms with van der Waals surface area (Å²) in [5, 5.41) is 0. The fraction of sp³-hybridized carbons (Fsp3) is 0.286. The molecular formula is C14H18BrN. The average Bonchev–Trinajstić information content (AvgIpc) is 2.26. The van der Waals surface area contributed by atoms with Gasteiger partial charge >= 0.3 is 0 Å². The number of rotatable bonds is 0. The maximum Gasteiger partial charge on any atom is 0.0461 e. The molecule has 2 N–H and O–H groups in total. The summed E-state index contributed by atoms with van der Waals surface area (Å²) >= 11 is 3.30. The van der Waals surface area contributed by atoms with E-state index >= 15 is 0 Å². The third-order valence-electron chi connectivity index (χ3n) is 2.33. The zero-order valence-corrected chi connectivity index (χ0v) is 11.4. The predicted octanol–water partition coefficient (Wildman–Crippen LogP) is 4.62. The van der Waals surface area contributed by atoms with E-state index in [0.717, 1.165) is 10.2 Å². The first-order chi connectivity index (χ1) is 7.59. The van der Waals surface area contributed by atoms with Gasteiger partial charge in [0.15, 0.2) is 0 Å². The Labute approximate surface area is 106 Å². The molecule has 0 atom stereocenters. The second kappa shape index (κ2) is 6.54. The number of allylic oxidation sites excluding steroid dienone is 4. The number of hydrogen-bond donors (Lipinski definition) is 1. The van der Waals surface area contributed by atoms with E-state index in [1.165, 1.54) is 24.0 Å². The van der Waals surface area contributed by atoms with E-state index in [4.69, 9.17) is 5.73 Å². The number of nitrogens with two attached hydrogens (primary N) is 1. The Morgan fingerprint density at radius 1 is 1.19 bits per heavy atom. The van der Waals surface area contributed by atoms with Gasteiger partial charge < -0.3 is 5.73 Å². The van der Waals surface area contributed by atoms with Gasteiger partial charge in [0.25, 0.3) is 0 Å². The summed E-state index contributed by atoms with van der Waals surface area (Å²) in [6.07, 6.45) is 9.12. The third kappa shape index (κ3) is 4.67. The van der Waals surface area contributed by atoms with Gasteiger partial charge in [-0.1, -0.05) is 29.9 Å². The quantitative estimate of drug-likeness (QED) is 0.689. The fourth-order valence-electron chi connectivity index (χ4n) is 1.41. The van der Waals surface area contributed by atoms with Crippen LogP contribution in [0.1, 0.15) is 25.3 Å². The van der Waals surface area contributed by atoms with Crippen molar-refractivity contribution >= 4 is 21.6 Å². The molecule has 1 aliphatic rings. The average molecular weight is 280 g/mol. The highest BCUT2D eigenvalue weighted by Gasteiger charge is 1.91. The van der Waals surface area contributed by atoms with Gasteiger partial charge in [0, 0.05) is 10.2 Å². The predicted molar refractivity (Wildman–Crippen MR) is 75.4 cm³/mol. The Hall–Kier alpha value is -1.02. The Morgan fingerprint density at radius 3 is 2.31 bits per heavy atom. The zero-order valence-electron chi connectivity index (χ0n) is 9.83. The normalized spacial score (nSPS) is 13.8. The standard InChI is InChI=1S/C7H8BrN.C7H10/c1-5-2-3-6(8)7(9)4-5;1-7-5-3-2-4-6-7/h2-4H,9H2,1H3;3,5-6H,2,4H2,1H3. The van der Waals surface area contributed by atoms with Gasteiger partial charge in [0.05, 0.1) is 0 Å². The van der Waals surface area contributed by atoms with Crippen LogP contribution in [0.5, 0.6) is 0 Å². The molecule has 0 radical (unpaired) electrons. The molecule has 2 heteroatoms. The van der Waals surface area contributed by atoms with Gasteiger partial charge in [0.2, 0.25) is 0 Å².